The van der Waals surface area contributed by atoms with Crippen LogP contribution in [-0.2, 0) is 4.79 Å². The van der Waals surface area contributed by atoms with Gasteiger partial charge in [0.1, 0.15) is 5.82 Å². The van der Waals surface area contributed by atoms with E-state index in [2.05, 4.69) is 20.6 Å². The molecule has 0 aliphatic carbocycles. The van der Waals surface area contributed by atoms with Crippen molar-refractivity contribution >= 4 is 17.6 Å². The van der Waals surface area contributed by atoms with E-state index in [-0.39, 0.29) is 22.9 Å². The SMILES string of the molecule is CC(=O)Nc1cc(C(C)NC(=O)c2cnc(OCC(F)(F)C(F)F)c(C)c2)cc(C)n1. The van der Waals surface area contributed by atoms with Crippen molar-refractivity contribution in [3.05, 3.63) is 46.8 Å². The zero-order valence-corrected chi connectivity index (χ0v) is 17.3. The number of halogens is 4. The van der Waals surface area contributed by atoms with Crippen molar-refractivity contribution in [2.24, 2.45) is 0 Å². The summed E-state index contributed by atoms with van der Waals surface area (Å²) < 4.78 is 55.2. The molecule has 0 saturated carbocycles. The van der Waals surface area contributed by atoms with E-state index < -0.39 is 30.9 Å². The van der Waals surface area contributed by atoms with Crippen LogP contribution in [0.25, 0.3) is 0 Å². The van der Waals surface area contributed by atoms with Crippen LogP contribution in [0.15, 0.2) is 24.4 Å². The fourth-order valence-electron chi connectivity index (χ4n) is 2.62. The number of hydrogen-bond acceptors (Lipinski definition) is 5. The van der Waals surface area contributed by atoms with E-state index in [0.717, 1.165) is 6.20 Å². The Labute approximate surface area is 176 Å². The number of pyridine rings is 2. The molecule has 2 rings (SSSR count). The van der Waals surface area contributed by atoms with Crippen LogP contribution in [0.3, 0.4) is 0 Å². The summed E-state index contributed by atoms with van der Waals surface area (Å²) in [6.45, 7) is 4.75. The van der Waals surface area contributed by atoms with Gasteiger partial charge in [0.15, 0.2) is 6.61 Å². The number of nitrogens with one attached hydrogen (secondary N) is 2. The highest BCUT2D eigenvalue weighted by Gasteiger charge is 2.42. The third-order valence-electron chi connectivity index (χ3n) is 4.14. The van der Waals surface area contributed by atoms with Crippen LogP contribution in [-0.4, -0.2) is 40.7 Å². The van der Waals surface area contributed by atoms with E-state index in [1.54, 1.807) is 26.0 Å². The molecule has 2 aromatic heterocycles. The quantitative estimate of drug-likeness (QED) is 0.607. The number of carbonyl (C=O) groups excluding carboxylic acids is 2. The largest absolute Gasteiger partial charge is 0.471 e. The van der Waals surface area contributed by atoms with Gasteiger partial charge in [-0.1, -0.05) is 0 Å². The summed E-state index contributed by atoms with van der Waals surface area (Å²) in [6.07, 6.45) is -2.76. The lowest BCUT2D eigenvalue weighted by Crippen LogP contribution is -2.34. The molecule has 2 amide bonds. The topological polar surface area (TPSA) is 93.2 Å². The molecule has 0 bridgehead atoms. The third kappa shape index (κ3) is 6.63. The van der Waals surface area contributed by atoms with Crippen molar-refractivity contribution in [3.63, 3.8) is 0 Å². The Morgan fingerprint density at radius 3 is 2.45 bits per heavy atom. The first kappa shape index (κ1) is 24.0. The summed E-state index contributed by atoms with van der Waals surface area (Å²) in [5, 5.41) is 5.34. The van der Waals surface area contributed by atoms with Gasteiger partial charge in [0.2, 0.25) is 11.8 Å². The van der Waals surface area contributed by atoms with Crippen LogP contribution in [0.5, 0.6) is 5.88 Å². The number of rotatable bonds is 8. The second kappa shape index (κ2) is 9.71. The fourth-order valence-corrected chi connectivity index (χ4v) is 2.62. The summed E-state index contributed by atoms with van der Waals surface area (Å²) in [7, 11) is 0. The molecule has 0 fully saturated rings. The Bertz CT molecular complexity index is 969. The first-order valence-electron chi connectivity index (χ1n) is 9.21. The van der Waals surface area contributed by atoms with E-state index in [1.165, 1.54) is 19.9 Å². The van der Waals surface area contributed by atoms with Gasteiger partial charge < -0.3 is 15.4 Å². The number of aromatic nitrogens is 2. The number of aryl methyl sites for hydroxylation is 2. The highest BCUT2D eigenvalue weighted by Crippen LogP contribution is 2.25. The highest BCUT2D eigenvalue weighted by atomic mass is 19.3. The van der Waals surface area contributed by atoms with Gasteiger partial charge >= 0.3 is 12.3 Å². The first-order valence-corrected chi connectivity index (χ1v) is 9.21. The molecule has 2 aromatic rings. The fraction of sp³-hybridized carbons (Fsp3) is 0.400. The van der Waals surface area contributed by atoms with Gasteiger partial charge in [0.05, 0.1) is 11.6 Å². The lowest BCUT2D eigenvalue weighted by molar-refractivity contribution is -0.148. The zero-order valence-electron chi connectivity index (χ0n) is 17.3. The molecule has 0 aliphatic rings. The van der Waals surface area contributed by atoms with Crippen molar-refractivity contribution in [2.75, 3.05) is 11.9 Å². The summed E-state index contributed by atoms with van der Waals surface area (Å²) in [5.41, 5.74) is 1.70. The number of nitrogens with zero attached hydrogens (tertiary/aromatic N) is 2. The van der Waals surface area contributed by atoms with Crippen LogP contribution >= 0.6 is 0 Å². The Morgan fingerprint density at radius 1 is 1.19 bits per heavy atom. The summed E-state index contributed by atoms with van der Waals surface area (Å²) >= 11 is 0. The second-order valence-corrected chi connectivity index (χ2v) is 7.00. The van der Waals surface area contributed by atoms with Crippen LogP contribution in [0.4, 0.5) is 23.4 Å². The summed E-state index contributed by atoms with van der Waals surface area (Å²) in [5.74, 6) is -5.00. The normalized spacial score (nSPS) is 12.4. The third-order valence-corrected chi connectivity index (χ3v) is 4.14. The Kier molecular flexibility index (Phi) is 7.53. The van der Waals surface area contributed by atoms with Crippen LogP contribution in [0.2, 0.25) is 0 Å². The molecule has 0 aliphatic heterocycles. The molecule has 11 heteroatoms. The van der Waals surface area contributed by atoms with E-state index in [0.29, 0.717) is 17.1 Å². The molecule has 1 atom stereocenters. The van der Waals surface area contributed by atoms with Crippen molar-refractivity contribution in [2.45, 2.75) is 46.1 Å². The predicted molar refractivity (Wildman–Crippen MR) is 105 cm³/mol. The molecule has 0 spiro atoms. The lowest BCUT2D eigenvalue weighted by atomic mass is 10.1. The second-order valence-electron chi connectivity index (χ2n) is 7.00. The van der Waals surface area contributed by atoms with Crippen molar-refractivity contribution in [3.8, 4) is 5.88 Å². The maximum atomic E-state index is 13.0. The number of hydrogen-bond donors (Lipinski definition) is 2. The van der Waals surface area contributed by atoms with Crippen molar-refractivity contribution < 1.29 is 31.9 Å². The Balaban J connectivity index is 2.09. The first-order chi connectivity index (χ1) is 14.4. The number of alkyl halides is 4. The smallest absolute Gasteiger partial charge is 0.340 e. The van der Waals surface area contributed by atoms with Gasteiger partial charge in [-0.3, -0.25) is 9.59 Å². The molecular formula is C20H22F4N4O3. The molecule has 0 aromatic carbocycles. The van der Waals surface area contributed by atoms with Gasteiger partial charge in [0.25, 0.3) is 5.91 Å². The van der Waals surface area contributed by atoms with Gasteiger partial charge in [-0.25, -0.2) is 18.7 Å². The van der Waals surface area contributed by atoms with Crippen molar-refractivity contribution in [1.29, 1.82) is 0 Å². The molecule has 31 heavy (non-hydrogen) atoms. The minimum absolute atomic E-state index is 0.130. The Morgan fingerprint density at radius 2 is 1.87 bits per heavy atom. The van der Waals surface area contributed by atoms with E-state index in [9.17, 15) is 27.2 Å². The average Bonchev–Trinajstić information content (AvgIpc) is 2.65. The van der Waals surface area contributed by atoms with Gasteiger partial charge in [-0.2, -0.15) is 8.78 Å². The van der Waals surface area contributed by atoms with Gasteiger partial charge in [0, 0.05) is 24.4 Å². The van der Waals surface area contributed by atoms with Gasteiger partial charge in [-0.15, -0.1) is 0 Å². The zero-order chi connectivity index (χ0) is 23.3. The van der Waals surface area contributed by atoms with Crippen LogP contribution in [0.1, 0.15) is 47.1 Å². The summed E-state index contributed by atoms with van der Waals surface area (Å²) in [4.78, 5) is 31.8. The maximum Gasteiger partial charge on any atom is 0.340 e. The minimum Gasteiger partial charge on any atom is -0.471 e. The van der Waals surface area contributed by atoms with E-state index in [1.807, 2.05) is 0 Å². The molecule has 7 nitrogen and oxygen atoms in total. The predicted octanol–water partition coefficient (Wildman–Crippen LogP) is 3.82. The minimum atomic E-state index is -4.31. The Hall–Kier alpha value is -3.24. The lowest BCUT2D eigenvalue weighted by Gasteiger charge is -2.18. The van der Waals surface area contributed by atoms with Crippen LogP contribution < -0.4 is 15.4 Å². The number of anilines is 1. The van der Waals surface area contributed by atoms with Crippen LogP contribution in [0, 0.1) is 13.8 Å². The molecule has 168 valence electrons. The maximum absolute atomic E-state index is 13.0. The molecule has 0 saturated heterocycles. The van der Waals surface area contributed by atoms with Crippen molar-refractivity contribution in [1.82, 2.24) is 15.3 Å². The van der Waals surface area contributed by atoms with E-state index in [4.69, 9.17) is 4.74 Å². The average molecular weight is 442 g/mol. The standard InChI is InChI=1S/C20H22F4N4O3/c1-10-5-15(8-25-18(10)31-9-20(23,24)19(21)22)17(30)27-12(3)14-6-11(2)26-16(7-14)28-13(4)29/h5-8,12,19H,9H2,1-4H3,(H,27,30)(H,26,28,29). The molecular weight excluding hydrogens is 420 g/mol. The molecule has 2 N–H and O–H groups in total. The number of ether oxygens (including phenoxy) is 1. The molecule has 2 heterocycles. The van der Waals surface area contributed by atoms with E-state index >= 15 is 0 Å². The molecule has 1 unspecified atom stereocenters. The molecule has 0 radical (unpaired) electrons. The monoisotopic (exact) mass is 442 g/mol. The number of carbonyl (C=O) groups is 2. The number of amides is 2. The van der Waals surface area contributed by atoms with Gasteiger partial charge in [-0.05, 0) is 44.5 Å². The highest BCUT2D eigenvalue weighted by molar-refractivity contribution is 5.94. The summed E-state index contributed by atoms with van der Waals surface area (Å²) in [6, 6.07) is 4.27.